The van der Waals surface area contributed by atoms with Gasteiger partial charge in [0, 0.05) is 10.5 Å². The van der Waals surface area contributed by atoms with Crippen LogP contribution in [0.1, 0.15) is 5.56 Å². The van der Waals surface area contributed by atoms with Gasteiger partial charge in [-0.05, 0) is 36.4 Å². The van der Waals surface area contributed by atoms with Crippen LogP contribution in [0.2, 0.25) is 0 Å². The normalized spacial score (nSPS) is 8.42. The number of aldehydes is 1. The molecule has 1 rings (SSSR count). The molecule has 1 aromatic carbocycles. The molecule has 0 aliphatic carbocycles. The van der Waals surface area contributed by atoms with Gasteiger partial charge in [0.15, 0.2) is 6.29 Å². The molecular formula is C10H8OS. The lowest BCUT2D eigenvalue weighted by molar-refractivity contribution is -0.103. The maximum Gasteiger partial charge on any atom is 0.193 e. The molecular weight excluding hydrogens is 168 g/mol. The Morgan fingerprint density at radius 2 is 2.00 bits per heavy atom. The fourth-order valence-corrected chi connectivity index (χ4v) is 1.20. The Labute approximate surface area is 76.2 Å². The van der Waals surface area contributed by atoms with Gasteiger partial charge in [-0.25, -0.2) is 0 Å². The van der Waals surface area contributed by atoms with Crippen LogP contribution in [0.25, 0.3) is 0 Å². The Balaban J connectivity index is 2.84. The number of rotatable bonds is 1. The van der Waals surface area contributed by atoms with E-state index in [0.717, 1.165) is 5.56 Å². The van der Waals surface area contributed by atoms with E-state index in [2.05, 4.69) is 11.8 Å². The minimum absolute atomic E-state index is 0.600. The molecule has 0 fully saturated rings. The van der Waals surface area contributed by atoms with Gasteiger partial charge >= 0.3 is 0 Å². The standard InChI is InChI=1S/C10H8OS/c1-12-10-6-4-9(5-7-10)3-2-8-11/h4-8H,1H3. The molecule has 0 amide bonds. The highest BCUT2D eigenvalue weighted by molar-refractivity contribution is 7.98. The molecule has 0 heterocycles. The highest BCUT2D eigenvalue weighted by Gasteiger charge is 1.88. The summed E-state index contributed by atoms with van der Waals surface area (Å²) in [6.07, 6.45) is 2.62. The summed E-state index contributed by atoms with van der Waals surface area (Å²) in [5.41, 5.74) is 0.875. The SMILES string of the molecule is CSc1ccc(C#CC=O)cc1. The van der Waals surface area contributed by atoms with Crippen LogP contribution in [0.15, 0.2) is 29.2 Å². The number of thioether (sulfide) groups is 1. The number of hydrogen-bond acceptors (Lipinski definition) is 2. The lowest BCUT2D eigenvalue weighted by Gasteiger charge is -1.93. The van der Waals surface area contributed by atoms with Crippen molar-refractivity contribution in [2.24, 2.45) is 0 Å². The summed E-state index contributed by atoms with van der Waals surface area (Å²) < 4.78 is 0. The predicted octanol–water partition coefficient (Wildman–Crippen LogP) is 1.96. The zero-order valence-corrected chi connectivity index (χ0v) is 7.52. The van der Waals surface area contributed by atoms with Gasteiger partial charge in [-0.15, -0.1) is 11.8 Å². The molecule has 0 spiro atoms. The van der Waals surface area contributed by atoms with E-state index in [-0.39, 0.29) is 0 Å². The summed E-state index contributed by atoms with van der Waals surface area (Å²) in [5.74, 6) is 5.08. The highest BCUT2D eigenvalue weighted by atomic mass is 32.2. The van der Waals surface area contributed by atoms with Gasteiger partial charge in [0.05, 0.1) is 0 Å². The average molecular weight is 176 g/mol. The second kappa shape index (κ2) is 4.63. The van der Waals surface area contributed by atoms with E-state index < -0.39 is 0 Å². The van der Waals surface area contributed by atoms with Crippen molar-refractivity contribution >= 4 is 18.0 Å². The second-order valence-corrected chi connectivity index (χ2v) is 3.00. The minimum atomic E-state index is 0.600. The summed E-state index contributed by atoms with van der Waals surface area (Å²) >= 11 is 1.68. The summed E-state index contributed by atoms with van der Waals surface area (Å²) in [6, 6.07) is 7.78. The summed E-state index contributed by atoms with van der Waals surface area (Å²) in [7, 11) is 0. The first-order valence-corrected chi connectivity index (χ1v) is 4.68. The van der Waals surface area contributed by atoms with Gasteiger partial charge in [-0.2, -0.15) is 0 Å². The van der Waals surface area contributed by atoms with Gasteiger partial charge in [-0.3, -0.25) is 4.79 Å². The van der Waals surface area contributed by atoms with Crippen molar-refractivity contribution in [3.8, 4) is 11.8 Å². The quantitative estimate of drug-likeness (QED) is 0.369. The maximum absolute atomic E-state index is 9.92. The van der Waals surface area contributed by atoms with E-state index in [0.29, 0.717) is 6.29 Å². The number of carbonyl (C=O) groups excluding carboxylic acids is 1. The number of carbonyl (C=O) groups is 1. The largest absolute Gasteiger partial charge is 0.289 e. The van der Waals surface area contributed by atoms with Crippen LogP contribution in [-0.2, 0) is 4.79 Å². The Morgan fingerprint density at radius 1 is 1.33 bits per heavy atom. The maximum atomic E-state index is 9.92. The Bertz CT molecular complexity index is 316. The molecule has 0 radical (unpaired) electrons. The molecule has 0 aliphatic heterocycles. The molecule has 0 atom stereocenters. The van der Waals surface area contributed by atoms with E-state index in [1.807, 2.05) is 30.5 Å². The smallest absolute Gasteiger partial charge is 0.193 e. The van der Waals surface area contributed by atoms with Crippen molar-refractivity contribution in [3.63, 3.8) is 0 Å². The van der Waals surface area contributed by atoms with Gasteiger partial charge in [-0.1, -0.05) is 5.92 Å². The lowest BCUT2D eigenvalue weighted by atomic mass is 10.2. The molecule has 12 heavy (non-hydrogen) atoms. The molecule has 2 heteroatoms. The van der Waals surface area contributed by atoms with E-state index in [1.54, 1.807) is 11.8 Å². The van der Waals surface area contributed by atoms with E-state index in [1.165, 1.54) is 4.90 Å². The van der Waals surface area contributed by atoms with Gasteiger partial charge < -0.3 is 0 Å². The molecule has 0 bridgehead atoms. The topological polar surface area (TPSA) is 17.1 Å². The monoisotopic (exact) mass is 176 g/mol. The molecule has 0 unspecified atom stereocenters. The molecule has 0 aliphatic rings. The summed E-state index contributed by atoms with van der Waals surface area (Å²) in [6.45, 7) is 0. The van der Waals surface area contributed by atoms with Crippen molar-refractivity contribution < 1.29 is 4.79 Å². The van der Waals surface area contributed by atoms with Crippen LogP contribution >= 0.6 is 11.8 Å². The van der Waals surface area contributed by atoms with Crippen LogP contribution in [0.5, 0.6) is 0 Å². The summed E-state index contributed by atoms with van der Waals surface area (Å²) in [5, 5.41) is 0. The van der Waals surface area contributed by atoms with E-state index >= 15 is 0 Å². The first-order valence-electron chi connectivity index (χ1n) is 3.46. The van der Waals surface area contributed by atoms with Crippen molar-refractivity contribution in [2.45, 2.75) is 4.90 Å². The molecule has 1 aromatic rings. The van der Waals surface area contributed by atoms with Crippen molar-refractivity contribution in [1.29, 1.82) is 0 Å². The molecule has 0 N–H and O–H groups in total. The fraction of sp³-hybridized carbons (Fsp3) is 0.100. The Hall–Kier alpha value is -1.20. The molecule has 0 saturated heterocycles. The summed E-state index contributed by atoms with van der Waals surface area (Å²) in [4.78, 5) is 11.1. The van der Waals surface area contributed by atoms with Gasteiger partial charge in [0.25, 0.3) is 0 Å². The van der Waals surface area contributed by atoms with E-state index in [4.69, 9.17) is 0 Å². The highest BCUT2D eigenvalue weighted by Crippen LogP contribution is 2.13. The van der Waals surface area contributed by atoms with Crippen LogP contribution in [0, 0.1) is 11.8 Å². The van der Waals surface area contributed by atoms with Crippen LogP contribution in [0.3, 0.4) is 0 Å². The second-order valence-electron chi connectivity index (χ2n) is 2.12. The Kier molecular flexibility index (Phi) is 3.43. The number of benzene rings is 1. The van der Waals surface area contributed by atoms with Gasteiger partial charge in [0.1, 0.15) is 0 Å². The Morgan fingerprint density at radius 3 is 2.50 bits per heavy atom. The van der Waals surface area contributed by atoms with Crippen LogP contribution < -0.4 is 0 Å². The average Bonchev–Trinajstić information content (AvgIpc) is 2.15. The minimum Gasteiger partial charge on any atom is -0.289 e. The zero-order chi connectivity index (χ0) is 8.81. The molecule has 60 valence electrons. The van der Waals surface area contributed by atoms with Crippen LogP contribution in [0.4, 0.5) is 0 Å². The lowest BCUT2D eigenvalue weighted by Crippen LogP contribution is -1.74. The molecule has 1 nitrogen and oxygen atoms in total. The fourth-order valence-electron chi connectivity index (χ4n) is 0.787. The van der Waals surface area contributed by atoms with Crippen molar-refractivity contribution in [1.82, 2.24) is 0 Å². The van der Waals surface area contributed by atoms with Gasteiger partial charge in [0.2, 0.25) is 0 Å². The van der Waals surface area contributed by atoms with Crippen LogP contribution in [-0.4, -0.2) is 12.5 Å². The third kappa shape index (κ3) is 2.44. The third-order valence-corrected chi connectivity index (χ3v) is 2.11. The van der Waals surface area contributed by atoms with E-state index in [9.17, 15) is 4.79 Å². The van der Waals surface area contributed by atoms with Crippen molar-refractivity contribution in [3.05, 3.63) is 29.8 Å². The first kappa shape index (κ1) is 8.89. The van der Waals surface area contributed by atoms with Crippen molar-refractivity contribution in [2.75, 3.05) is 6.26 Å². The first-order chi connectivity index (χ1) is 5.86. The third-order valence-electron chi connectivity index (χ3n) is 1.37. The number of hydrogen-bond donors (Lipinski definition) is 0. The molecule has 0 saturated carbocycles. The molecule has 0 aromatic heterocycles. The predicted molar refractivity (Wildman–Crippen MR) is 51.2 cm³/mol. The zero-order valence-electron chi connectivity index (χ0n) is 6.70.